The minimum atomic E-state index is 0.169. The molecule has 0 saturated carbocycles. The van der Waals surface area contributed by atoms with Gasteiger partial charge in [-0.05, 0) is 25.3 Å². The van der Waals surface area contributed by atoms with Gasteiger partial charge in [-0.1, -0.05) is 24.3 Å². The van der Waals surface area contributed by atoms with E-state index in [2.05, 4.69) is 36.5 Å². The van der Waals surface area contributed by atoms with Crippen molar-refractivity contribution in [2.75, 3.05) is 45.9 Å². The van der Waals surface area contributed by atoms with E-state index in [0.717, 1.165) is 52.2 Å². The Morgan fingerprint density at radius 3 is 2.67 bits per heavy atom. The lowest BCUT2D eigenvalue weighted by Gasteiger charge is -2.29. The van der Waals surface area contributed by atoms with Crippen LogP contribution in [0.1, 0.15) is 24.0 Å². The molecule has 0 spiro atoms. The van der Waals surface area contributed by atoms with Crippen LogP contribution in [0.5, 0.6) is 0 Å². The summed E-state index contributed by atoms with van der Waals surface area (Å²) in [5.74, 6) is 0.169. The van der Waals surface area contributed by atoms with Gasteiger partial charge in [0.15, 0.2) is 6.54 Å². The van der Waals surface area contributed by atoms with Gasteiger partial charge in [0.05, 0.1) is 6.10 Å². The molecule has 0 aromatic heterocycles. The van der Waals surface area contributed by atoms with Gasteiger partial charge in [0.25, 0.3) is 5.91 Å². The molecule has 1 atom stereocenters. The molecule has 2 heterocycles. The maximum Gasteiger partial charge on any atom is 0.275 e. The van der Waals surface area contributed by atoms with Crippen LogP contribution < -0.4 is 15.1 Å². The average molecular weight is 333 g/mol. The molecule has 24 heavy (non-hydrogen) atoms. The highest BCUT2D eigenvalue weighted by Crippen LogP contribution is 2.10. The van der Waals surface area contributed by atoms with Crippen molar-refractivity contribution in [1.82, 2.24) is 5.32 Å². The third-order valence-corrected chi connectivity index (χ3v) is 5.33. The van der Waals surface area contributed by atoms with Crippen molar-refractivity contribution in [1.29, 1.82) is 0 Å². The molecule has 2 aliphatic heterocycles. The molecule has 0 radical (unpaired) electrons. The molecule has 132 valence electrons. The van der Waals surface area contributed by atoms with E-state index in [1.807, 2.05) is 0 Å². The number of aryl methyl sites for hydroxylation is 1. The lowest BCUT2D eigenvalue weighted by molar-refractivity contribution is -1.02. The Labute approximate surface area is 145 Å². The zero-order valence-corrected chi connectivity index (χ0v) is 14.8. The number of quaternary nitrogens is 2. The van der Waals surface area contributed by atoms with Crippen LogP contribution in [0.4, 0.5) is 0 Å². The molecule has 2 saturated heterocycles. The van der Waals surface area contributed by atoms with Gasteiger partial charge in [0.1, 0.15) is 32.7 Å². The maximum absolute atomic E-state index is 12.1. The first kappa shape index (κ1) is 17.4. The summed E-state index contributed by atoms with van der Waals surface area (Å²) in [6.07, 6.45) is 2.44. The Morgan fingerprint density at radius 2 is 1.96 bits per heavy atom. The Kier molecular flexibility index (Phi) is 6.24. The van der Waals surface area contributed by atoms with Crippen molar-refractivity contribution >= 4 is 5.91 Å². The summed E-state index contributed by atoms with van der Waals surface area (Å²) in [7, 11) is 0. The summed E-state index contributed by atoms with van der Waals surface area (Å²) < 4.78 is 5.55. The highest BCUT2D eigenvalue weighted by atomic mass is 16.5. The van der Waals surface area contributed by atoms with Gasteiger partial charge in [-0.25, -0.2) is 0 Å². The summed E-state index contributed by atoms with van der Waals surface area (Å²) in [5, 5.41) is 3.04. The van der Waals surface area contributed by atoms with Gasteiger partial charge < -0.3 is 19.9 Å². The molecule has 5 nitrogen and oxygen atoms in total. The number of carbonyl (C=O) groups excluding carboxylic acids is 1. The van der Waals surface area contributed by atoms with Gasteiger partial charge in [-0.3, -0.25) is 4.79 Å². The average Bonchev–Trinajstić information content (AvgIpc) is 3.10. The van der Waals surface area contributed by atoms with Crippen molar-refractivity contribution in [3.8, 4) is 0 Å². The van der Waals surface area contributed by atoms with Gasteiger partial charge in [0, 0.05) is 18.7 Å². The molecule has 2 fully saturated rings. The third-order valence-electron chi connectivity index (χ3n) is 5.33. The molecule has 0 bridgehead atoms. The fourth-order valence-corrected chi connectivity index (χ4v) is 3.71. The summed E-state index contributed by atoms with van der Waals surface area (Å²) in [6.45, 7) is 9.85. The number of benzene rings is 1. The molecule has 1 amide bonds. The van der Waals surface area contributed by atoms with Crippen LogP contribution in [0.3, 0.4) is 0 Å². The van der Waals surface area contributed by atoms with Gasteiger partial charge in [0.2, 0.25) is 0 Å². The van der Waals surface area contributed by atoms with Crippen LogP contribution in [0.25, 0.3) is 0 Å². The fraction of sp³-hybridized carbons (Fsp3) is 0.632. The van der Waals surface area contributed by atoms with Crippen LogP contribution in [0.2, 0.25) is 0 Å². The standard InChI is InChI=1S/C19H29N3O2/c1-16-5-2-3-6-17(16)14-21-8-10-22(11-9-21)15-19(23)20-13-18-7-4-12-24-18/h2-3,5-6,18H,4,7-15H2,1H3,(H,20,23)/p+2/t18-/m1/s1. The first-order valence-electron chi connectivity index (χ1n) is 9.30. The van der Waals surface area contributed by atoms with Crippen molar-refractivity contribution in [3.63, 3.8) is 0 Å². The first-order chi connectivity index (χ1) is 11.7. The van der Waals surface area contributed by atoms with Crippen LogP contribution >= 0.6 is 0 Å². The predicted molar refractivity (Wildman–Crippen MR) is 93.1 cm³/mol. The van der Waals surface area contributed by atoms with Crippen LogP contribution in [0, 0.1) is 6.92 Å². The molecular weight excluding hydrogens is 302 g/mol. The van der Waals surface area contributed by atoms with E-state index in [0.29, 0.717) is 13.1 Å². The van der Waals surface area contributed by atoms with E-state index in [-0.39, 0.29) is 12.0 Å². The molecule has 3 N–H and O–H groups in total. The Morgan fingerprint density at radius 1 is 1.21 bits per heavy atom. The number of ether oxygens (including phenoxy) is 1. The Hall–Kier alpha value is -1.43. The quantitative estimate of drug-likeness (QED) is 0.598. The number of piperazine rings is 1. The molecule has 0 aliphatic carbocycles. The number of hydrogen-bond acceptors (Lipinski definition) is 2. The second kappa shape index (κ2) is 8.60. The SMILES string of the molecule is Cc1ccccc1C[NH+]1CC[NH+](CC(=O)NC[C@H]2CCCO2)CC1. The molecular formula is C19H31N3O2+2. The normalized spacial score (nSPS) is 27.1. The van der Waals surface area contributed by atoms with E-state index in [9.17, 15) is 4.79 Å². The molecule has 3 rings (SSSR count). The van der Waals surface area contributed by atoms with E-state index in [4.69, 9.17) is 4.74 Å². The lowest BCUT2D eigenvalue weighted by Crippen LogP contribution is -3.28. The van der Waals surface area contributed by atoms with E-state index in [1.54, 1.807) is 4.90 Å². The molecule has 0 unspecified atom stereocenters. The summed E-state index contributed by atoms with van der Waals surface area (Å²) in [6, 6.07) is 8.65. The Bertz CT molecular complexity index is 535. The summed E-state index contributed by atoms with van der Waals surface area (Å²) in [5.41, 5.74) is 2.83. The molecule has 1 aromatic rings. The molecule has 2 aliphatic rings. The smallest absolute Gasteiger partial charge is 0.275 e. The number of hydrogen-bond donors (Lipinski definition) is 3. The highest BCUT2D eigenvalue weighted by Gasteiger charge is 2.25. The van der Waals surface area contributed by atoms with Crippen molar-refractivity contribution in [2.45, 2.75) is 32.4 Å². The number of rotatable bonds is 6. The van der Waals surface area contributed by atoms with Gasteiger partial charge in [-0.15, -0.1) is 0 Å². The summed E-state index contributed by atoms with van der Waals surface area (Å²) in [4.78, 5) is 15.1. The minimum absolute atomic E-state index is 0.169. The number of carbonyl (C=O) groups is 1. The molecule has 5 heteroatoms. The van der Waals surface area contributed by atoms with Crippen molar-refractivity contribution < 1.29 is 19.3 Å². The topological polar surface area (TPSA) is 47.2 Å². The van der Waals surface area contributed by atoms with Gasteiger partial charge >= 0.3 is 0 Å². The zero-order valence-electron chi connectivity index (χ0n) is 14.8. The van der Waals surface area contributed by atoms with E-state index >= 15 is 0 Å². The van der Waals surface area contributed by atoms with Crippen molar-refractivity contribution in [3.05, 3.63) is 35.4 Å². The Balaban J connectivity index is 1.35. The van der Waals surface area contributed by atoms with Crippen molar-refractivity contribution in [2.24, 2.45) is 0 Å². The highest BCUT2D eigenvalue weighted by molar-refractivity contribution is 5.76. The first-order valence-corrected chi connectivity index (χ1v) is 9.30. The fourth-order valence-electron chi connectivity index (χ4n) is 3.71. The lowest BCUT2D eigenvalue weighted by atomic mass is 10.1. The molecule has 1 aromatic carbocycles. The van der Waals surface area contributed by atoms with E-state index < -0.39 is 0 Å². The van der Waals surface area contributed by atoms with Gasteiger partial charge in [-0.2, -0.15) is 0 Å². The number of amides is 1. The monoisotopic (exact) mass is 333 g/mol. The maximum atomic E-state index is 12.1. The summed E-state index contributed by atoms with van der Waals surface area (Å²) >= 11 is 0. The second-order valence-corrected chi connectivity index (χ2v) is 7.22. The van der Waals surface area contributed by atoms with Crippen LogP contribution in [-0.2, 0) is 16.1 Å². The largest absolute Gasteiger partial charge is 0.376 e. The predicted octanol–water partition coefficient (Wildman–Crippen LogP) is -1.43. The number of nitrogens with one attached hydrogen (secondary N) is 3. The van der Waals surface area contributed by atoms with Crippen LogP contribution in [-0.4, -0.2) is 57.9 Å². The second-order valence-electron chi connectivity index (χ2n) is 7.22. The third kappa shape index (κ3) is 5.03. The van der Waals surface area contributed by atoms with Crippen LogP contribution in [0.15, 0.2) is 24.3 Å². The minimum Gasteiger partial charge on any atom is -0.376 e. The van der Waals surface area contributed by atoms with E-state index in [1.165, 1.54) is 16.0 Å². The zero-order chi connectivity index (χ0) is 16.8.